The van der Waals surface area contributed by atoms with E-state index in [1.165, 1.54) is 37.7 Å². The van der Waals surface area contributed by atoms with Gasteiger partial charge in [-0.15, -0.1) is 0 Å². The van der Waals surface area contributed by atoms with E-state index in [2.05, 4.69) is 18.0 Å². The van der Waals surface area contributed by atoms with E-state index < -0.39 is 0 Å². The second kappa shape index (κ2) is 4.09. The standard InChI is InChI=1S/C15H19NO2/c1-16-6-5-15(10-16)8-12-4-3-11(14(17)18-2)7-13(12)9-15/h3-4,7H,5-6,8-10H2,1-2H3/t15-/m0/s1. The van der Waals surface area contributed by atoms with Gasteiger partial charge in [0.2, 0.25) is 0 Å². The van der Waals surface area contributed by atoms with E-state index >= 15 is 0 Å². The minimum atomic E-state index is -0.234. The van der Waals surface area contributed by atoms with Crippen molar-refractivity contribution in [3.63, 3.8) is 0 Å². The normalized spacial score (nSPS) is 26.6. The molecule has 0 amide bonds. The monoisotopic (exact) mass is 245 g/mol. The zero-order valence-corrected chi connectivity index (χ0v) is 11.0. The van der Waals surface area contributed by atoms with E-state index in [4.69, 9.17) is 4.74 Å². The topological polar surface area (TPSA) is 29.5 Å². The summed E-state index contributed by atoms with van der Waals surface area (Å²) >= 11 is 0. The molecule has 0 unspecified atom stereocenters. The molecule has 1 saturated heterocycles. The lowest BCUT2D eigenvalue weighted by molar-refractivity contribution is 0.0600. The van der Waals surface area contributed by atoms with E-state index in [1.807, 2.05) is 12.1 Å². The van der Waals surface area contributed by atoms with Crippen molar-refractivity contribution in [2.45, 2.75) is 19.3 Å². The first-order valence-corrected chi connectivity index (χ1v) is 6.51. The third kappa shape index (κ3) is 1.83. The number of likely N-dealkylation sites (tertiary alicyclic amines) is 1. The van der Waals surface area contributed by atoms with Gasteiger partial charge >= 0.3 is 5.97 Å². The zero-order chi connectivity index (χ0) is 12.8. The van der Waals surface area contributed by atoms with Crippen molar-refractivity contribution in [2.24, 2.45) is 5.41 Å². The maximum absolute atomic E-state index is 11.5. The summed E-state index contributed by atoms with van der Waals surface area (Å²) in [6.45, 7) is 2.37. The van der Waals surface area contributed by atoms with Crippen molar-refractivity contribution in [3.05, 3.63) is 34.9 Å². The second-order valence-corrected chi connectivity index (χ2v) is 5.82. The zero-order valence-electron chi connectivity index (χ0n) is 11.0. The lowest BCUT2D eigenvalue weighted by Crippen LogP contribution is -2.25. The summed E-state index contributed by atoms with van der Waals surface area (Å²) in [7, 11) is 3.63. The molecule has 1 aromatic carbocycles. The molecule has 0 saturated carbocycles. The van der Waals surface area contributed by atoms with Crippen molar-refractivity contribution >= 4 is 5.97 Å². The number of nitrogens with zero attached hydrogens (tertiary/aromatic N) is 1. The molecule has 1 aliphatic heterocycles. The van der Waals surface area contributed by atoms with Crippen LogP contribution < -0.4 is 0 Å². The van der Waals surface area contributed by atoms with Crippen LogP contribution in [0.5, 0.6) is 0 Å². The van der Waals surface area contributed by atoms with Gasteiger partial charge in [-0.3, -0.25) is 0 Å². The van der Waals surface area contributed by atoms with E-state index in [0.29, 0.717) is 11.0 Å². The van der Waals surface area contributed by atoms with Crippen LogP contribution in [0.1, 0.15) is 27.9 Å². The number of ether oxygens (including phenoxy) is 1. The van der Waals surface area contributed by atoms with Gasteiger partial charge in [0.15, 0.2) is 0 Å². The Morgan fingerprint density at radius 2 is 2.11 bits per heavy atom. The van der Waals surface area contributed by atoms with Crippen LogP contribution in [0.3, 0.4) is 0 Å². The largest absolute Gasteiger partial charge is 0.465 e. The molecule has 0 N–H and O–H groups in total. The summed E-state index contributed by atoms with van der Waals surface area (Å²) in [6, 6.07) is 6.02. The molecule has 2 aliphatic rings. The summed E-state index contributed by atoms with van der Waals surface area (Å²) in [4.78, 5) is 14.0. The fraction of sp³-hybridized carbons (Fsp3) is 0.533. The Balaban J connectivity index is 1.87. The first-order valence-electron chi connectivity index (χ1n) is 6.51. The van der Waals surface area contributed by atoms with Gasteiger partial charge in [0, 0.05) is 6.54 Å². The first-order chi connectivity index (χ1) is 8.62. The van der Waals surface area contributed by atoms with Crippen molar-refractivity contribution in [1.29, 1.82) is 0 Å². The Morgan fingerprint density at radius 3 is 2.78 bits per heavy atom. The van der Waals surface area contributed by atoms with Gasteiger partial charge in [0.05, 0.1) is 12.7 Å². The van der Waals surface area contributed by atoms with Crippen LogP contribution in [0.25, 0.3) is 0 Å². The number of hydrogen-bond acceptors (Lipinski definition) is 3. The molecular formula is C15H19NO2. The number of carbonyl (C=O) groups excluding carboxylic acids is 1. The molecule has 0 radical (unpaired) electrons. The summed E-state index contributed by atoms with van der Waals surface area (Å²) in [6.07, 6.45) is 3.54. The highest BCUT2D eigenvalue weighted by Crippen LogP contribution is 2.43. The Bertz CT molecular complexity index is 497. The maximum atomic E-state index is 11.5. The molecule has 1 spiro atoms. The van der Waals surface area contributed by atoms with Crippen LogP contribution in [0.15, 0.2) is 18.2 Å². The summed E-state index contributed by atoms with van der Waals surface area (Å²) < 4.78 is 4.78. The number of methoxy groups -OCH3 is 1. The Labute approximate surface area is 108 Å². The van der Waals surface area contributed by atoms with Crippen molar-refractivity contribution in [2.75, 3.05) is 27.2 Å². The van der Waals surface area contributed by atoms with E-state index in [9.17, 15) is 4.79 Å². The molecule has 3 rings (SSSR count). The van der Waals surface area contributed by atoms with Crippen LogP contribution in [0, 0.1) is 5.41 Å². The Morgan fingerprint density at radius 1 is 1.33 bits per heavy atom. The van der Waals surface area contributed by atoms with Gasteiger partial charge in [-0.2, -0.15) is 0 Å². The van der Waals surface area contributed by atoms with Gasteiger partial charge in [0.25, 0.3) is 0 Å². The lowest BCUT2D eigenvalue weighted by atomic mass is 9.84. The molecular weight excluding hydrogens is 226 g/mol. The van der Waals surface area contributed by atoms with E-state index in [0.717, 1.165) is 12.8 Å². The first kappa shape index (κ1) is 11.7. The predicted octanol–water partition coefficient (Wildman–Crippen LogP) is 1.89. The van der Waals surface area contributed by atoms with Gasteiger partial charge in [-0.25, -0.2) is 4.79 Å². The number of benzene rings is 1. The average Bonchev–Trinajstić information content (AvgIpc) is 2.90. The Hall–Kier alpha value is -1.35. The molecule has 3 heteroatoms. The van der Waals surface area contributed by atoms with E-state index in [-0.39, 0.29) is 5.97 Å². The van der Waals surface area contributed by atoms with Crippen molar-refractivity contribution in [1.82, 2.24) is 4.90 Å². The van der Waals surface area contributed by atoms with Crippen LogP contribution in [0.2, 0.25) is 0 Å². The second-order valence-electron chi connectivity index (χ2n) is 5.82. The smallest absolute Gasteiger partial charge is 0.337 e. The van der Waals surface area contributed by atoms with Gasteiger partial charge in [-0.1, -0.05) is 6.07 Å². The fourth-order valence-corrected chi connectivity index (χ4v) is 3.53. The number of rotatable bonds is 1. The quantitative estimate of drug-likeness (QED) is 0.708. The average molecular weight is 245 g/mol. The summed E-state index contributed by atoms with van der Waals surface area (Å²) in [5, 5.41) is 0. The summed E-state index contributed by atoms with van der Waals surface area (Å²) in [5.41, 5.74) is 3.86. The maximum Gasteiger partial charge on any atom is 0.337 e. The highest BCUT2D eigenvalue weighted by atomic mass is 16.5. The lowest BCUT2D eigenvalue weighted by Gasteiger charge is -2.22. The predicted molar refractivity (Wildman–Crippen MR) is 69.7 cm³/mol. The molecule has 18 heavy (non-hydrogen) atoms. The Kier molecular flexibility index (Phi) is 2.67. The van der Waals surface area contributed by atoms with Crippen LogP contribution in [-0.4, -0.2) is 38.1 Å². The van der Waals surface area contributed by atoms with Crippen LogP contribution >= 0.6 is 0 Å². The minimum absolute atomic E-state index is 0.234. The van der Waals surface area contributed by atoms with Gasteiger partial charge in [-0.05, 0) is 61.5 Å². The molecule has 1 aromatic rings. The molecule has 3 nitrogen and oxygen atoms in total. The third-order valence-electron chi connectivity index (χ3n) is 4.39. The van der Waals surface area contributed by atoms with Gasteiger partial charge in [0.1, 0.15) is 0 Å². The number of fused-ring (bicyclic) bond motifs is 1. The van der Waals surface area contributed by atoms with Gasteiger partial charge < -0.3 is 9.64 Å². The minimum Gasteiger partial charge on any atom is -0.465 e. The van der Waals surface area contributed by atoms with Crippen LogP contribution in [-0.2, 0) is 17.6 Å². The molecule has 1 heterocycles. The van der Waals surface area contributed by atoms with Crippen LogP contribution in [0.4, 0.5) is 0 Å². The molecule has 1 atom stereocenters. The highest BCUT2D eigenvalue weighted by molar-refractivity contribution is 5.89. The SMILES string of the molecule is COC(=O)c1ccc2c(c1)C[C@]1(CCN(C)C1)C2. The highest BCUT2D eigenvalue weighted by Gasteiger charge is 2.41. The number of esters is 1. The molecule has 1 aliphatic carbocycles. The number of carbonyl (C=O) groups is 1. The molecule has 0 bridgehead atoms. The molecule has 0 aromatic heterocycles. The van der Waals surface area contributed by atoms with Crippen molar-refractivity contribution in [3.8, 4) is 0 Å². The molecule has 96 valence electrons. The summed E-state index contributed by atoms with van der Waals surface area (Å²) in [5.74, 6) is -0.234. The number of hydrogen-bond donors (Lipinski definition) is 0. The third-order valence-corrected chi connectivity index (χ3v) is 4.39. The van der Waals surface area contributed by atoms with E-state index in [1.54, 1.807) is 0 Å². The van der Waals surface area contributed by atoms with Crippen molar-refractivity contribution < 1.29 is 9.53 Å². The fourth-order valence-electron chi connectivity index (χ4n) is 3.53. The molecule has 1 fully saturated rings.